The molecule has 1 atom stereocenters. The Bertz CT molecular complexity index is 299. The zero-order valence-electron chi connectivity index (χ0n) is 8.48. The Labute approximate surface area is 83.1 Å². The van der Waals surface area contributed by atoms with Crippen molar-refractivity contribution in [3.8, 4) is 0 Å². The fourth-order valence-corrected chi connectivity index (χ4v) is 1.11. The van der Waals surface area contributed by atoms with Gasteiger partial charge in [0, 0.05) is 18.2 Å². The Balaban J connectivity index is 2.62. The first-order valence-electron chi connectivity index (χ1n) is 4.80. The van der Waals surface area contributed by atoms with E-state index in [1.54, 1.807) is 0 Å². The van der Waals surface area contributed by atoms with E-state index >= 15 is 0 Å². The predicted octanol–water partition coefficient (Wildman–Crippen LogP) is 2.85. The van der Waals surface area contributed by atoms with Gasteiger partial charge in [-0.25, -0.2) is 8.78 Å². The summed E-state index contributed by atoms with van der Waals surface area (Å²) in [5.41, 5.74) is 0.380. The van der Waals surface area contributed by atoms with Gasteiger partial charge in [-0.1, -0.05) is 6.92 Å². The van der Waals surface area contributed by atoms with Crippen LogP contribution in [0.4, 0.5) is 8.78 Å². The first-order chi connectivity index (χ1) is 6.63. The lowest BCUT2D eigenvalue weighted by molar-refractivity contribution is 0.512. The third-order valence-electron chi connectivity index (χ3n) is 2.26. The monoisotopic (exact) mass is 199 g/mol. The number of hydrogen-bond acceptors (Lipinski definition) is 1. The Morgan fingerprint density at radius 1 is 1.36 bits per heavy atom. The maximum atomic E-state index is 13.1. The van der Waals surface area contributed by atoms with Gasteiger partial charge in [0.25, 0.3) is 0 Å². The van der Waals surface area contributed by atoms with Crippen molar-refractivity contribution in [2.24, 2.45) is 0 Å². The molecule has 0 radical (unpaired) electrons. The molecule has 78 valence electrons. The van der Waals surface area contributed by atoms with Crippen LogP contribution in [-0.2, 0) is 6.54 Å². The van der Waals surface area contributed by atoms with Gasteiger partial charge < -0.3 is 5.32 Å². The van der Waals surface area contributed by atoms with Crippen molar-refractivity contribution in [2.75, 3.05) is 0 Å². The SMILES string of the molecule is CCC(C)NCc1cc(F)ccc1F. The Kier molecular flexibility index (Phi) is 4.01. The molecule has 0 amide bonds. The summed E-state index contributed by atoms with van der Waals surface area (Å²) in [6.07, 6.45) is 0.969. The molecule has 0 spiro atoms. The number of halogens is 2. The van der Waals surface area contributed by atoms with Crippen LogP contribution in [0.2, 0.25) is 0 Å². The molecule has 1 rings (SSSR count). The van der Waals surface area contributed by atoms with Gasteiger partial charge in [-0.05, 0) is 31.5 Å². The summed E-state index contributed by atoms with van der Waals surface area (Å²) in [6.45, 7) is 4.43. The minimum atomic E-state index is -0.396. The second-order valence-electron chi connectivity index (χ2n) is 3.43. The standard InChI is InChI=1S/C11H15F2N/c1-3-8(2)14-7-9-6-10(12)4-5-11(9)13/h4-6,8,14H,3,7H2,1-2H3. The molecule has 0 aromatic heterocycles. The summed E-state index contributed by atoms with van der Waals surface area (Å²) in [5, 5.41) is 3.11. The number of rotatable bonds is 4. The van der Waals surface area contributed by atoms with Crippen LogP contribution >= 0.6 is 0 Å². The Morgan fingerprint density at radius 2 is 2.07 bits per heavy atom. The first-order valence-corrected chi connectivity index (χ1v) is 4.80. The lowest BCUT2D eigenvalue weighted by Crippen LogP contribution is -2.24. The van der Waals surface area contributed by atoms with Gasteiger partial charge in [-0.2, -0.15) is 0 Å². The molecule has 0 fully saturated rings. The fraction of sp³-hybridized carbons (Fsp3) is 0.455. The number of benzene rings is 1. The summed E-state index contributed by atoms with van der Waals surface area (Å²) in [7, 11) is 0. The van der Waals surface area contributed by atoms with E-state index in [4.69, 9.17) is 0 Å². The van der Waals surface area contributed by atoms with Crippen LogP contribution in [0.1, 0.15) is 25.8 Å². The highest BCUT2D eigenvalue weighted by molar-refractivity contribution is 5.18. The smallest absolute Gasteiger partial charge is 0.127 e. The molecule has 1 nitrogen and oxygen atoms in total. The van der Waals surface area contributed by atoms with Crippen molar-refractivity contribution in [1.29, 1.82) is 0 Å². The van der Waals surface area contributed by atoms with Gasteiger partial charge in [-0.15, -0.1) is 0 Å². The van der Waals surface area contributed by atoms with Crippen LogP contribution in [0.15, 0.2) is 18.2 Å². The molecule has 0 heterocycles. The van der Waals surface area contributed by atoms with Crippen LogP contribution < -0.4 is 5.32 Å². The van der Waals surface area contributed by atoms with Gasteiger partial charge in [0.2, 0.25) is 0 Å². The van der Waals surface area contributed by atoms with Crippen molar-refractivity contribution in [3.05, 3.63) is 35.4 Å². The molecule has 0 bridgehead atoms. The molecule has 14 heavy (non-hydrogen) atoms. The largest absolute Gasteiger partial charge is 0.310 e. The van der Waals surface area contributed by atoms with E-state index in [0.29, 0.717) is 18.2 Å². The number of hydrogen-bond donors (Lipinski definition) is 1. The predicted molar refractivity (Wildman–Crippen MR) is 53.0 cm³/mol. The van der Waals surface area contributed by atoms with Gasteiger partial charge in [0.1, 0.15) is 11.6 Å². The second-order valence-corrected chi connectivity index (χ2v) is 3.43. The Hall–Kier alpha value is -0.960. The third kappa shape index (κ3) is 3.07. The van der Waals surface area contributed by atoms with E-state index in [1.165, 1.54) is 6.07 Å². The molecule has 3 heteroatoms. The normalized spacial score (nSPS) is 12.9. The highest BCUT2D eigenvalue weighted by Gasteiger charge is 2.04. The molecule has 1 unspecified atom stereocenters. The van der Waals surface area contributed by atoms with E-state index in [9.17, 15) is 8.78 Å². The summed E-state index contributed by atoms with van der Waals surface area (Å²) in [5.74, 6) is -0.755. The van der Waals surface area contributed by atoms with Crippen LogP contribution in [0, 0.1) is 11.6 Å². The average Bonchev–Trinajstić information content (AvgIpc) is 2.19. The topological polar surface area (TPSA) is 12.0 Å². The van der Waals surface area contributed by atoms with Gasteiger partial charge in [0.05, 0.1) is 0 Å². The van der Waals surface area contributed by atoms with Crippen LogP contribution in [-0.4, -0.2) is 6.04 Å². The average molecular weight is 199 g/mol. The lowest BCUT2D eigenvalue weighted by Gasteiger charge is -2.11. The highest BCUT2D eigenvalue weighted by atomic mass is 19.1. The number of nitrogens with one attached hydrogen (secondary N) is 1. The maximum absolute atomic E-state index is 13.1. The molecule has 1 aromatic carbocycles. The molecule has 1 N–H and O–H groups in total. The van der Waals surface area contributed by atoms with Crippen LogP contribution in [0.5, 0.6) is 0 Å². The highest BCUT2D eigenvalue weighted by Crippen LogP contribution is 2.09. The van der Waals surface area contributed by atoms with Crippen molar-refractivity contribution in [3.63, 3.8) is 0 Å². The zero-order chi connectivity index (χ0) is 10.6. The van der Waals surface area contributed by atoms with E-state index in [0.717, 1.165) is 18.6 Å². The summed E-state index contributed by atoms with van der Waals surface area (Å²) in [6, 6.07) is 3.83. The van der Waals surface area contributed by atoms with E-state index in [1.807, 2.05) is 13.8 Å². The molecule has 0 saturated carbocycles. The molecule has 1 aromatic rings. The molecule has 0 saturated heterocycles. The van der Waals surface area contributed by atoms with Gasteiger partial charge in [-0.3, -0.25) is 0 Å². The van der Waals surface area contributed by atoms with Gasteiger partial charge >= 0.3 is 0 Å². The summed E-state index contributed by atoms with van der Waals surface area (Å²) >= 11 is 0. The second kappa shape index (κ2) is 5.05. The lowest BCUT2D eigenvalue weighted by atomic mass is 10.2. The quantitative estimate of drug-likeness (QED) is 0.786. The zero-order valence-corrected chi connectivity index (χ0v) is 8.48. The molecular weight excluding hydrogens is 184 g/mol. The fourth-order valence-electron chi connectivity index (χ4n) is 1.11. The summed E-state index contributed by atoms with van der Waals surface area (Å²) in [4.78, 5) is 0. The third-order valence-corrected chi connectivity index (χ3v) is 2.26. The molecule has 0 aliphatic heterocycles. The van der Waals surface area contributed by atoms with Crippen molar-refractivity contribution in [2.45, 2.75) is 32.9 Å². The van der Waals surface area contributed by atoms with E-state index in [2.05, 4.69) is 5.32 Å². The van der Waals surface area contributed by atoms with Crippen LogP contribution in [0.3, 0.4) is 0 Å². The first kappa shape index (κ1) is 11.1. The van der Waals surface area contributed by atoms with Crippen molar-refractivity contribution in [1.82, 2.24) is 5.32 Å². The Morgan fingerprint density at radius 3 is 2.71 bits per heavy atom. The summed E-state index contributed by atoms with van der Waals surface area (Å²) < 4.78 is 25.9. The minimum absolute atomic E-state index is 0.317. The van der Waals surface area contributed by atoms with E-state index in [-0.39, 0.29) is 5.82 Å². The minimum Gasteiger partial charge on any atom is -0.310 e. The molecular formula is C11H15F2N. The maximum Gasteiger partial charge on any atom is 0.127 e. The van der Waals surface area contributed by atoms with Gasteiger partial charge in [0.15, 0.2) is 0 Å². The molecule has 0 aliphatic rings. The van der Waals surface area contributed by atoms with Crippen molar-refractivity contribution < 1.29 is 8.78 Å². The van der Waals surface area contributed by atoms with E-state index < -0.39 is 5.82 Å². The van der Waals surface area contributed by atoms with Crippen molar-refractivity contribution >= 4 is 0 Å². The van der Waals surface area contributed by atoms with Crippen LogP contribution in [0.25, 0.3) is 0 Å². The molecule has 0 aliphatic carbocycles.